The van der Waals surface area contributed by atoms with E-state index in [-0.39, 0.29) is 23.9 Å². The monoisotopic (exact) mass is 356 g/mol. The van der Waals surface area contributed by atoms with Gasteiger partial charge in [-0.3, -0.25) is 9.69 Å². The molecule has 1 unspecified atom stereocenters. The standard InChI is InChI=1S/C20H28N4O2/c1-14(2)18(21)20-23-17(13-26-20)19(25)22-16-8-10-24(11-9-16)12-15-6-4-3-5-7-15/h3-7,13-14,16,18H,8-12,21H2,1-2H3,(H,22,25). The Kier molecular flexibility index (Phi) is 6.06. The zero-order valence-electron chi connectivity index (χ0n) is 15.5. The molecule has 6 heteroatoms. The summed E-state index contributed by atoms with van der Waals surface area (Å²) in [6, 6.07) is 10.4. The van der Waals surface area contributed by atoms with Crippen molar-refractivity contribution in [3.05, 3.63) is 53.7 Å². The summed E-state index contributed by atoms with van der Waals surface area (Å²) >= 11 is 0. The highest BCUT2D eigenvalue weighted by atomic mass is 16.3. The second kappa shape index (κ2) is 8.47. The normalized spacial score (nSPS) is 17.4. The van der Waals surface area contributed by atoms with Gasteiger partial charge in [-0.1, -0.05) is 44.2 Å². The number of amides is 1. The van der Waals surface area contributed by atoms with Crippen molar-refractivity contribution in [2.45, 2.75) is 45.3 Å². The van der Waals surface area contributed by atoms with Crippen molar-refractivity contribution in [2.24, 2.45) is 11.7 Å². The molecule has 1 atom stereocenters. The Morgan fingerprint density at radius 1 is 1.31 bits per heavy atom. The fourth-order valence-corrected chi connectivity index (χ4v) is 3.17. The van der Waals surface area contributed by atoms with Crippen LogP contribution in [0.15, 0.2) is 41.0 Å². The number of oxazole rings is 1. The molecule has 6 nitrogen and oxygen atoms in total. The number of benzene rings is 1. The molecule has 26 heavy (non-hydrogen) atoms. The average Bonchev–Trinajstić information content (AvgIpc) is 3.13. The third-order valence-corrected chi connectivity index (χ3v) is 4.93. The number of aromatic nitrogens is 1. The van der Waals surface area contributed by atoms with Crippen LogP contribution in [0.5, 0.6) is 0 Å². The van der Waals surface area contributed by atoms with E-state index in [2.05, 4.69) is 39.5 Å². The number of nitrogens with one attached hydrogen (secondary N) is 1. The molecule has 0 radical (unpaired) electrons. The van der Waals surface area contributed by atoms with E-state index in [9.17, 15) is 4.79 Å². The van der Waals surface area contributed by atoms with Gasteiger partial charge in [-0.25, -0.2) is 4.98 Å². The van der Waals surface area contributed by atoms with Crippen molar-refractivity contribution in [3.63, 3.8) is 0 Å². The van der Waals surface area contributed by atoms with Crippen molar-refractivity contribution in [3.8, 4) is 0 Å². The number of rotatable bonds is 6. The highest BCUT2D eigenvalue weighted by Crippen LogP contribution is 2.19. The number of hydrogen-bond acceptors (Lipinski definition) is 5. The quantitative estimate of drug-likeness (QED) is 0.831. The van der Waals surface area contributed by atoms with Gasteiger partial charge in [0.15, 0.2) is 5.69 Å². The summed E-state index contributed by atoms with van der Waals surface area (Å²) in [7, 11) is 0. The van der Waals surface area contributed by atoms with Crippen LogP contribution in [0.1, 0.15) is 54.7 Å². The molecule has 0 saturated carbocycles. The Morgan fingerprint density at radius 3 is 2.65 bits per heavy atom. The topological polar surface area (TPSA) is 84.4 Å². The molecule has 0 spiro atoms. The molecule has 0 bridgehead atoms. The molecule has 1 fully saturated rings. The van der Waals surface area contributed by atoms with Gasteiger partial charge in [0.05, 0.1) is 6.04 Å². The lowest BCUT2D eigenvalue weighted by molar-refractivity contribution is 0.0904. The minimum Gasteiger partial charge on any atom is -0.446 e. The molecule has 1 aliphatic heterocycles. The molecule has 3 rings (SSSR count). The summed E-state index contributed by atoms with van der Waals surface area (Å²) in [5.74, 6) is 0.443. The molecule has 1 aromatic heterocycles. The molecule has 1 saturated heterocycles. The highest BCUT2D eigenvalue weighted by Gasteiger charge is 2.24. The van der Waals surface area contributed by atoms with Gasteiger partial charge in [-0.15, -0.1) is 0 Å². The van der Waals surface area contributed by atoms with Crippen molar-refractivity contribution < 1.29 is 9.21 Å². The molecule has 1 amide bonds. The number of hydrogen-bond donors (Lipinski definition) is 2. The summed E-state index contributed by atoms with van der Waals surface area (Å²) in [6.45, 7) is 6.90. The minimum absolute atomic E-state index is 0.174. The van der Waals surface area contributed by atoms with Crippen LogP contribution in [-0.4, -0.2) is 34.9 Å². The predicted molar refractivity (Wildman–Crippen MR) is 100 cm³/mol. The Morgan fingerprint density at radius 2 is 2.00 bits per heavy atom. The lowest BCUT2D eigenvalue weighted by Crippen LogP contribution is -2.44. The number of piperidine rings is 1. The zero-order chi connectivity index (χ0) is 18.5. The third-order valence-electron chi connectivity index (χ3n) is 4.93. The van der Waals surface area contributed by atoms with Crippen molar-refractivity contribution in [2.75, 3.05) is 13.1 Å². The average molecular weight is 356 g/mol. The van der Waals surface area contributed by atoms with E-state index >= 15 is 0 Å². The molecule has 1 aliphatic rings. The van der Waals surface area contributed by atoms with Crippen LogP contribution in [0.3, 0.4) is 0 Å². The lowest BCUT2D eigenvalue weighted by atomic mass is 10.0. The lowest BCUT2D eigenvalue weighted by Gasteiger charge is -2.32. The van der Waals surface area contributed by atoms with Gasteiger partial charge in [0.2, 0.25) is 5.89 Å². The van der Waals surface area contributed by atoms with Gasteiger partial charge in [0.1, 0.15) is 6.26 Å². The fraction of sp³-hybridized carbons (Fsp3) is 0.500. The van der Waals surface area contributed by atoms with Gasteiger partial charge in [0.25, 0.3) is 5.91 Å². The van der Waals surface area contributed by atoms with E-state index in [1.807, 2.05) is 19.9 Å². The van der Waals surface area contributed by atoms with E-state index in [1.165, 1.54) is 11.8 Å². The van der Waals surface area contributed by atoms with Gasteiger partial charge < -0.3 is 15.5 Å². The zero-order valence-corrected chi connectivity index (χ0v) is 15.5. The molecular formula is C20H28N4O2. The van der Waals surface area contributed by atoms with E-state index in [0.717, 1.165) is 32.5 Å². The van der Waals surface area contributed by atoms with Crippen molar-refractivity contribution in [1.82, 2.24) is 15.2 Å². The number of likely N-dealkylation sites (tertiary alicyclic amines) is 1. The Labute approximate surface area is 154 Å². The fourth-order valence-electron chi connectivity index (χ4n) is 3.17. The maximum Gasteiger partial charge on any atom is 0.273 e. The van der Waals surface area contributed by atoms with Crippen LogP contribution in [0, 0.1) is 5.92 Å². The van der Waals surface area contributed by atoms with Crippen molar-refractivity contribution in [1.29, 1.82) is 0 Å². The van der Waals surface area contributed by atoms with Crippen LogP contribution in [-0.2, 0) is 6.54 Å². The first-order valence-electron chi connectivity index (χ1n) is 9.31. The molecule has 2 aromatic rings. The van der Waals surface area contributed by atoms with Crippen LogP contribution >= 0.6 is 0 Å². The van der Waals surface area contributed by atoms with Gasteiger partial charge in [-0.2, -0.15) is 0 Å². The van der Waals surface area contributed by atoms with E-state index < -0.39 is 0 Å². The van der Waals surface area contributed by atoms with Gasteiger partial charge >= 0.3 is 0 Å². The second-order valence-corrected chi connectivity index (χ2v) is 7.35. The Bertz CT molecular complexity index is 706. The van der Waals surface area contributed by atoms with E-state index in [0.29, 0.717) is 11.6 Å². The van der Waals surface area contributed by atoms with Crippen LogP contribution in [0.4, 0.5) is 0 Å². The molecular weight excluding hydrogens is 328 g/mol. The maximum absolute atomic E-state index is 12.4. The molecule has 3 N–H and O–H groups in total. The minimum atomic E-state index is -0.294. The molecule has 0 aliphatic carbocycles. The number of carbonyl (C=O) groups is 1. The molecule has 2 heterocycles. The van der Waals surface area contributed by atoms with Crippen molar-refractivity contribution >= 4 is 5.91 Å². The summed E-state index contributed by atoms with van der Waals surface area (Å²) in [6.07, 6.45) is 3.28. The molecule has 1 aromatic carbocycles. The van der Waals surface area contributed by atoms with Gasteiger partial charge in [-0.05, 0) is 24.3 Å². The summed E-state index contributed by atoms with van der Waals surface area (Å²) in [5.41, 5.74) is 7.65. The number of carbonyl (C=O) groups excluding carboxylic acids is 1. The Balaban J connectivity index is 1.47. The van der Waals surface area contributed by atoms with E-state index in [4.69, 9.17) is 10.2 Å². The maximum atomic E-state index is 12.4. The SMILES string of the molecule is CC(C)C(N)c1nc(C(=O)NC2CCN(Cc3ccccc3)CC2)co1. The van der Waals surface area contributed by atoms with E-state index in [1.54, 1.807) is 0 Å². The number of nitrogens with zero attached hydrogens (tertiary/aromatic N) is 2. The highest BCUT2D eigenvalue weighted by molar-refractivity contribution is 5.92. The second-order valence-electron chi connectivity index (χ2n) is 7.35. The smallest absolute Gasteiger partial charge is 0.273 e. The third kappa shape index (κ3) is 4.71. The first-order valence-corrected chi connectivity index (χ1v) is 9.31. The molecule has 140 valence electrons. The van der Waals surface area contributed by atoms with Crippen LogP contribution in [0.2, 0.25) is 0 Å². The van der Waals surface area contributed by atoms with Crippen LogP contribution < -0.4 is 11.1 Å². The number of nitrogens with two attached hydrogens (primary N) is 1. The summed E-state index contributed by atoms with van der Waals surface area (Å²) in [4.78, 5) is 19.1. The first kappa shape index (κ1) is 18.6. The first-order chi connectivity index (χ1) is 12.5. The Hall–Kier alpha value is -2.18. The summed E-state index contributed by atoms with van der Waals surface area (Å²) in [5, 5.41) is 3.07. The largest absolute Gasteiger partial charge is 0.446 e. The van der Waals surface area contributed by atoms with Crippen LogP contribution in [0.25, 0.3) is 0 Å². The summed E-state index contributed by atoms with van der Waals surface area (Å²) < 4.78 is 5.38. The predicted octanol–water partition coefficient (Wildman–Crippen LogP) is 2.72. The van der Waals surface area contributed by atoms with Gasteiger partial charge in [0, 0.05) is 25.7 Å².